The zero-order chi connectivity index (χ0) is 26.4. The second-order valence-electron chi connectivity index (χ2n) is 11.1. The van der Waals surface area contributed by atoms with Gasteiger partial charge in [-0.15, -0.1) is 0 Å². The van der Waals surface area contributed by atoms with Crippen molar-refractivity contribution in [1.29, 1.82) is 0 Å². The highest BCUT2D eigenvalue weighted by molar-refractivity contribution is 4.76. The molecule has 1 heterocycles. The molecule has 0 amide bonds. The van der Waals surface area contributed by atoms with Crippen molar-refractivity contribution in [3.05, 3.63) is 0 Å². The Balaban J connectivity index is 2.43. The highest BCUT2D eigenvalue weighted by Gasteiger charge is 2.21. The van der Waals surface area contributed by atoms with Gasteiger partial charge >= 0.3 is 0 Å². The van der Waals surface area contributed by atoms with Crippen LogP contribution in [-0.2, 0) is 0 Å². The summed E-state index contributed by atoms with van der Waals surface area (Å²) in [5.41, 5.74) is 0. The Morgan fingerprint density at radius 2 is 0.914 bits per heavy atom. The fraction of sp³-hybridized carbons (Fsp3) is 1.00. The van der Waals surface area contributed by atoms with E-state index in [4.69, 9.17) is 0 Å². The molecule has 0 aromatic carbocycles. The number of nitrogens with zero attached hydrogens (tertiary/aromatic N) is 4. The summed E-state index contributed by atoms with van der Waals surface area (Å²) in [5, 5.41) is 49.1. The van der Waals surface area contributed by atoms with Gasteiger partial charge in [-0.3, -0.25) is 19.6 Å². The number of aliphatic hydroxyl groups is 5. The van der Waals surface area contributed by atoms with Crippen LogP contribution in [0.2, 0.25) is 0 Å². The van der Waals surface area contributed by atoms with Gasteiger partial charge in [0.15, 0.2) is 0 Å². The topological polar surface area (TPSA) is 114 Å². The van der Waals surface area contributed by atoms with E-state index in [9.17, 15) is 25.5 Å². The molecular formula is C26H56N4O5. The van der Waals surface area contributed by atoms with Crippen LogP contribution in [0.5, 0.6) is 0 Å². The maximum Gasteiger partial charge on any atom is 0.0639 e. The van der Waals surface area contributed by atoms with Crippen molar-refractivity contribution in [2.24, 2.45) is 5.92 Å². The molecule has 5 unspecified atom stereocenters. The number of hydrogen-bond donors (Lipinski definition) is 5. The van der Waals surface area contributed by atoms with Crippen LogP contribution in [0.1, 0.15) is 53.9 Å². The van der Waals surface area contributed by atoms with E-state index in [2.05, 4.69) is 19.6 Å². The molecule has 1 aliphatic rings. The number of piperazine rings is 1. The summed E-state index contributed by atoms with van der Waals surface area (Å²) < 4.78 is 0. The Kier molecular flexibility index (Phi) is 16.8. The van der Waals surface area contributed by atoms with Crippen LogP contribution in [0.3, 0.4) is 0 Å². The minimum atomic E-state index is -0.399. The normalized spacial score (nSPS) is 21.3. The summed E-state index contributed by atoms with van der Waals surface area (Å²) in [4.78, 5) is 9.39. The smallest absolute Gasteiger partial charge is 0.0639 e. The second-order valence-corrected chi connectivity index (χ2v) is 11.1. The van der Waals surface area contributed by atoms with Crippen LogP contribution in [0.25, 0.3) is 0 Å². The van der Waals surface area contributed by atoms with Crippen molar-refractivity contribution in [2.45, 2.75) is 84.4 Å². The van der Waals surface area contributed by atoms with Gasteiger partial charge in [-0.05, 0) is 66.3 Å². The monoisotopic (exact) mass is 504 g/mol. The molecule has 5 atom stereocenters. The Hall–Kier alpha value is -0.360. The summed E-state index contributed by atoms with van der Waals surface area (Å²) in [6, 6.07) is 0. The molecule has 0 saturated carbocycles. The van der Waals surface area contributed by atoms with Gasteiger partial charge in [0, 0.05) is 72.0 Å². The number of hydrogen-bond acceptors (Lipinski definition) is 9. The standard InChI is InChI=1S/C26H56N4O5/c1-21(31)16-26(17-22(2)32)6-7-29(18-23(3)33)14-12-27-8-10-28(11-9-27)13-15-30(19-24(4)34)20-25(5)35/h21-26,31-35H,6-20H2,1-5H3. The van der Waals surface area contributed by atoms with Gasteiger partial charge in [-0.2, -0.15) is 0 Å². The third-order valence-electron chi connectivity index (χ3n) is 6.70. The van der Waals surface area contributed by atoms with Crippen molar-refractivity contribution in [1.82, 2.24) is 19.6 Å². The molecule has 210 valence electrons. The molecule has 1 saturated heterocycles. The van der Waals surface area contributed by atoms with E-state index in [0.717, 1.165) is 65.3 Å². The van der Waals surface area contributed by atoms with Crippen LogP contribution >= 0.6 is 0 Å². The molecule has 5 N–H and O–H groups in total. The molecule has 1 fully saturated rings. The van der Waals surface area contributed by atoms with Crippen LogP contribution in [-0.4, -0.2) is 154 Å². The maximum atomic E-state index is 9.99. The van der Waals surface area contributed by atoms with Crippen LogP contribution in [0.4, 0.5) is 0 Å². The fourth-order valence-electron chi connectivity index (χ4n) is 5.14. The quantitative estimate of drug-likeness (QED) is 0.165. The lowest BCUT2D eigenvalue weighted by atomic mass is 9.92. The van der Waals surface area contributed by atoms with E-state index in [1.54, 1.807) is 27.7 Å². The fourth-order valence-corrected chi connectivity index (χ4v) is 5.14. The minimum absolute atomic E-state index is 0.275. The molecule has 0 bridgehead atoms. The molecule has 0 aliphatic carbocycles. The van der Waals surface area contributed by atoms with Crippen molar-refractivity contribution in [2.75, 3.05) is 78.5 Å². The van der Waals surface area contributed by atoms with Gasteiger partial charge in [0.05, 0.1) is 30.5 Å². The van der Waals surface area contributed by atoms with E-state index in [-0.39, 0.29) is 24.2 Å². The summed E-state index contributed by atoms with van der Waals surface area (Å²) in [5.74, 6) is 0.275. The molecule has 35 heavy (non-hydrogen) atoms. The lowest BCUT2D eigenvalue weighted by Crippen LogP contribution is -2.51. The van der Waals surface area contributed by atoms with Gasteiger partial charge < -0.3 is 25.5 Å². The zero-order valence-electron chi connectivity index (χ0n) is 23.1. The molecule has 0 spiro atoms. The van der Waals surface area contributed by atoms with E-state index in [1.165, 1.54) is 0 Å². The van der Waals surface area contributed by atoms with Crippen molar-refractivity contribution in [3.63, 3.8) is 0 Å². The Bertz CT molecular complexity index is 494. The Morgan fingerprint density at radius 1 is 0.543 bits per heavy atom. The molecule has 9 heteroatoms. The highest BCUT2D eigenvalue weighted by Crippen LogP contribution is 2.19. The highest BCUT2D eigenvalue weighted by atomic mass is 16.3. The van der Waals surface area contributed by atoms with E-state index < -0.39 is 12.2 Å². The van der Waals surface area contributed by atoms with Gasteiger partial charge in [-0.25, -0.2) is 0 Å². The predicted octanol–water partition coefficient (Wildman–Crippen LogP) is -0.101. The first-order chi connectivity index (χ1) is 16.4. The molecule has 1 aliphatic heterocycles. The first-order valence-electron chi connectivity index (χ1n) is 13.7. The van der Waals surface area contributed by atoms with Crippen molar-refractivity contribution >= 4 is 0 Å². The third kappa shape index (κ3) is 16.9. The minimum Gasteiger partial charge on any atom is -0.393 e. The number of rotatable bonds is 19. The number of aliphatic hydroxyl groups excluding tert-OH is 5. The van der Waals surface area contributed by atoms with Crippen LogP contribution in [0.15, 0.2) is 0 Å². The molecule has 0 aromatic rings. The second kappa shape index (κ2) is 18.0. The maximum absolute atomic E-state index is 9.99. The Labute approximate surface area is 214 Å². The molecule has 0 radical (unpaired) electrons. The average molecular weight is 505 g/mol. The van der Waals surface area contributed by atoms with Crippen LogP contribution < -0.4 is 0 Å². The molecule has 9 nitrogen and oxygen atoms in total. The molecule has 0 aromatic heterocycles. The van der Waals surface area contributed by atoms with Gasteiger partial charge in [0.25, 0.3) is 0 Å². The SMILES string of the molecule is CC(O)CC(CCN(CCN1CCN(CCN(CC(C)O)CC(C)O)CC1)CC(C)O)CC(C)O. The molecule has 1 rings (SSSR count). The zero-order valence-corrected chi connectivity index (χ0v) is 23.1. The lowest BCUT2D eigenvalue weighted by Gasteiger charge is -2.37. The Morgan fingerprint density at radius 3 is 1.29 bits per heavy atom. The predicted molar refractivity (Wildman–Crippen MR) is 142 cm³/mol. The molecular weight excluding hydrogens is 448 g/mol. The summed E-state index contributed by atoms with van der Waals surface area (Å²) in [7, 11) is 0. The van der Waals surface area contributed by atoms with E-state index in [0.29, 0.717) is 32.5 Å². The van der Waals surface area contributed by atoms with Gasteiger partial charge in [0.1, 0.15) is 0 Å². The summed E-state index contributed by atoms with van der Waals surface area (Å²) in [6.45, 7) is 19.4. The lowest BCUT2D eigenvalue weighted by molar-refractivity contribution is 0.0629. The van der Waals surface area contributed by atoms with Gasteiger partial charge in [-0.1, -0.05) is 0 Å². The van der Waals surface area contributed by atoms with Gasteiger partial charge in [0.2, 0.25) is 0 Å². The first-order valence-corrected chi connectivity index (χ1v) is 13.7. The van der Waals surface area contributed by atoms with Crippen molar-refractivity contribution in [3.8, 4) is 0 Å². The van der Waals surface area contributed by atoms with Crippen molar-refractivity contribution < 1.29 is 25.5 Å². The first kappa shape index (κ1) is 32.7. The summed E-state index contributed by atoms with van der Waals surface area (Å²) >= 11 is 0. The van der Waals surface area contributed by atoms with E-state index >= 15 is 0 Å². The third-order valence-corrected chi connectivity index (χ3v) is 6.70. The van der Waals surface area contributed by atoms with E-state index in [1.807, 2.05) is 6.92 Å². The average Bonchev–Trinajstić information content (AvgIpc) is 2.72. The van der Waals surface area contributed by atoms with Crippen LogP contribution in [0, 0.1) is 5.92 Å². The summed E-state index contributed by atoms with van der Waals surface area (Å²) in [6.07, 6.45) is 0.380. The largest absolute Gasteiger partial charge is 0.393 e.